The molecule has 0 aromatic heterocycles. The molecule has 1 aliphatic heterocycles. The van der Waals surface area contributed by atoms with Gasteiger partial charge in [-0.25, -0.2) is 0 Å². The Balaban J connectivity index is 1.38. The number of hydrogen-bond donors (Lipinski definition) is 2. The van der Waals surface area contributed by atoms with Crippen molar-refractivity contribution in [2.24, 2.45) is 46.3 Å². The Morgan fingerprint density at radius 1 is 1.26 bits per heavy atom. The topological polar surface area (TPSA) is 66.8 Å². The molecule has 11 atom stereocenters. The van der Waals surface area contributed by atoms with E-state index < -0.39 is 5.79 Å². The monoisotopic (exact) mass is 430 g/mol. The summed E-state index contributed by atoms with van der Waals surface area (Å²) in [5, 5.41) is 21.6. The first-order valence-electron chi connectivity index (χ1n) is 12.9. The van der Waals surface area contributed by atoms with Gasteiger partial charge in [-0.3, -0.25) is 0 Å². The Bertz CT molecular complexity index is 762. The smallest absolute Gasteiger partial charge is 0.168 e. The molecule has 4 aliphatic carbocycles. The number of fused-ring (bicyclic) bond motifs is 7. The standard InChI is InChI=1S/C27H42O4/c1-16(15-28)7-12-27(30)17(2)24-23(31-27)14-22-20-6-5-18-13-19(29)8-10-25(18,3)21(20)9-11-26(22,24)4/h5,15-17,19-24,29-30H,6-14H2,1-4H3/t16?,17-,19-,20+,21-,22-,23?,24-,25-,26-,27?/m0/s1. The number of rotatable bonds is 4. The van der Waals surface area contributed by atoms with Gasteiger partial charge in [0.15, 0.2) is 5.79 Å². The van der Waals surface area contributed by atoms with Crippen molar-refractivity contribution < 1.29 is 19.7 Å². The summed E-state index contributed by atoms with van der Waals surface area (Å²) in [5.41, 5.74) is 2.01. The van der Waals surface area contributed by atoms with E-state index in [-0.39, 0.29) is 34.9 Å². The number of aldehydes is 1. The fraction of sp³-hybridized carbons (Fsp3) is 0.889. The second-order valence-corrected chi connectivity index (χ2v) is 12.4. The average molecular weight is 431 g/mol. The summed E-state index contributed by atoms with van der Waals surface area (Å²) >= 11 is 0. The Morgan fingerprint density at radius 2 is 2.03 bits per heavy atom. The predicted molar refractivity (Wildman–Crippen MR) is 120 cm³/mol. The highest BCUT2D eigenvalue weighted by Gasteiger charge is 2.67. The van der Waals surface area contributed by atoms with Crippen molar-refractivity contribution >= 4 is 6.29 Å². The highest BCUT2D eigenvalue weighted by atomic mass is 16.6. The van der Waals surface area contributed by atoms with Gasteiger partial charge in [-0.15, -0.1) is 0 Å². The van der Waals surface area contributed by atoms with Crippen molar-refractivity contribution in [2.45, 2.75) is 103 Å². The van der Waals surface area contributed by atoms with E-state index in [1.165, 1.54) is 18.4 Å². The highest BCUT2D eigenvalue weighted by Crippen LogP contribution is 2.70. The molecule has 4 heteroatoms. The van der Waals surface area contributed by atoms with Gasteiger partial charge in [-0.2, -0.15) is 0 Å². The summed E-state index contributed by atoms with van der Waals surface area (Å²) < 4.78 is 6.45. The van der Waals surface area contributed by atoms with Crippen molar-refractivity contribution in [3.63, 3.8) is 0 Å². The van der Waals surface area contributed by atoms with Crippen LogP contribution in [0.15, 0.2) is 11.6 Å². The highest BCUT2D eigenvalue weighted by molar-refractivity contribution is 5.52. The largest absolute Gasteiger partial charge is 0.393 e. The van der Waals surface area contributed by atoms with Crippen LogP contribution in [0.3, 0.4) is 0 Å². The quantitative estimate of drug-likeness (QED) is 0.493. The molecule has 0 spiro atoms. The molecule has 1 heterocycles. The van der Waals surface area contributed by atoms with Crippen LogP contribution in [0.25, 0.3) is 0 Å². The molecular formula is C27H42O4. The zero-order valence-electron chi connectivity index (χ0n) is 19.8. The summed E-state index contributed by atoms with van der Waals surface area (Å²) in [6, 6.07) is 0. The molecule has 174 valence electrons. The number of hydrogen-bond acceptors (Lipinski definition) is 4. The van der Waals surface area contributed by atoms with E-state index in [1.807, 2.05) is 6.92 Å². The number of aliphatic hydroxyl groups excluding tert-OH is 1. The lowest BCUT2D eigenvalue weighted by Gasteiger charge is -2.58. The van der Waals surface area contributed by atoms with Crippen LogP contribution in [0.1, 0.15) is 85.5 Å². The zero-order valence-corrected chi connectivity index (χ0v) is 19.8. The minimum absolute atomic E-state index is 0.0305. The first-order valence-corrected chi connectivity index (χ1v) is 12.9. The SMILES string of the molecule is CC(C=O)CCC1(O)OC2C[C@H]3[C@@H]4CC=C5C[C@@H](O)CC[C@]5(C)[C@H]4CC[C@]3(C)[C@H]2[C@@H]1C. The molecule has 5 rings (SSSR count). The van der Waals surface area contributed by atoms with E-state index >= 15 is 0 Å². The van der Waals surface area contributed by atoms with Gasteiger partial charge in [0.1, 0.15) is 6.29 Å². The Morgan fingerprint density at radius 3 is 2.77 bits per heavy atom. The van der Waals surface area contributed by atoms with Gasteiger partial charge in [0.25, 0.3) is 0 Å². The van der Waals surface area contributed by atoms with Gasteiger partial charge < -0.3 is 19.7 Å². The van der Waals surface area contributed by atoms with Crippen LogP contribution in [0.5, 0.6) is 0 Å². The van der Waals surface area contributed by atoms with Crippen molar-refractivity contribution in [3.8, 4) is 0 Å². The van der Waals surface area contributed by atoms with Crippen LogP contribution in [-0.4, -0.2) is 34.5 Å². The van der Waals surface area contributed by atoms with Crippen LogP contribution in [0.2, 0.25) is 0 Å². The lowest BCUT2D eigenvalue weighted by atomic mass is 9.47. The van der Waals surface area contributed by atoms with E-state index in [1.54, 1.807) is 0 Å². The van der Waals surface area contributed by atoms with Crippen molar-refractivity contribution in [1.82, 2.24) is 0 Å². The Hall–Kier alpha value is -0.710. The summed E-state index contributed by atoms with van der Waals surface area (Å²) in [6.45, 7) is 9.08. The zero-order chi connectivity index (χ0) is 22.2. The maximum absolute atomic E-state index is 11.4. The summed E-state index contributed by atoms with van der Waals surface area (Å²) in [6.07, 6.45) is 12.4. The minimum Gasteiger partial charge on any atom is -0.393 e. The fourth-order valence-electron chi connectivity index (χ4n) is 9.12. The first kappa shape index (κ1) is 22.1. The Kier molecular flexibility index (Phi) is 5.27. The number of carbonyl (C=O) groups excluding carboxylic acids is 1. The molecule has 4 fully saturated rings. The molecule has 1 saturated heterocycles. The molecule has 0 bridgehead atoms. The lowest BCUT2D eigenvalue weighted by molar-refractivity contribution is -0.220. The van der Waals surface area contributed by atoms with Gasteiger partial charge in [0, 0.05) is 18.3 Å². The van der Waals surface area contributed by atoms with Gasteiger partial charge >= 0.3 is 0 Å². The third kappa shape index (κ3) is 3.14. The van der Waals surface area contributed by atoms with E-state index in [0.29, 0.717) is 30.6 Å². The summed E-state index contributed by atoms with van der Waals surface area (Å²) in [7, 11) is 0. The van der Waals surface area contributed by atoms with E-state index in [0.717, 1.165) is 44.3 Å². The predicted octanol–water partition coefficient (Wildman–Crippen LogP) is 4.87. The second-order valence-electron chi connectivity index (χ2n) is 12.4. The van der Waals surface area contributed by atoms with Crippen LogP contribution in [0, 0.1) is 46.3 Å². The van der Waals surface area contributed by atoms with E-state index in [2.05, 4.69) is 26.8 Å². The maximum Gasteiger partial charge on any atom is 0.168 e. The first-order chi connectivity index (χ1) is 14.6. The van der Waals surface area contributed by atoms with Gasteiger partial charge in [0.05, 0.1) is 12.2 Å². The summed E-state index contributed by atoms with van der Waals surface area (Å²) in [4.78, 5) is 11.1. The Labute approximate surface area is 187 Å². The molecule has 5 aliphatic rings. The number of allylic oxidation sites excluding steroid dienone is 1. The molecule has 3 unspecified atom stereocenters. The summed E-state index contributed by atoms with van der Waals surface area (Å²) in [5.74, 6) is 1.48. The molecular weight excluding hydrogens is 388 g/mol. The van der Waals surface area contributed by atoms with Crippen LogP contribution < -0.4 is 0 Å². The second kappa shape index (κ2) is 7.40. The minimum atomic E-state index is -1.08. The molecule has 2 N–H and O–H groups in total. The van der Waals surface area contributed by atoms with E-state index in [9.17, 15) is 15.0 Å². The van der Waals surface area contributed by atoms with Gasteiger partial charge in [-0.05, 0) is 85.9 Å². The van der Waals surface area contributed by atoms with Crippen LogP contribution >= 0.6 is 0 Å². The van der Waals surface area contributed by atoms with Gasteiger partial charge in [-0.1, -0.05) is 39.3 Å². The maximum atomic E-state index is 11.4. The molecule has 0 aromatic carbocycles. The number of ether oxygens (including phenoxy) is 1. The molecule has 31 heavy (non-hydrogen) atoms. The number of aliphatic hydroxyl groups is 2. The normalized spacial score (nSPS) is 54.3. The molecule has 0 aromatic rings. The molecule has 0 radical (unpaired) electrons. The number of carbonyl (C=O) groups is 1. The molecule has 4 nitrogen and oxygen atoms in total. The van der Waals surface area contributed by atoms with Crippen molar-refractivity contribution in [3.05, 3.63) is 11.6 Å². The lowest BCUT2D eigenvalue weighted by Crippen LogP contribution is -2.51. The molecule has 3 saturated carbocycles. The molecule has 0 amide bonds. The average Bonchev–Trinajstić information content (AvgIpc) is 3.17. The van der Waals surface area contributed by atoms with E-state index in [4.69, 9.17) is 4.74 Å². The van der Waals surface area contributed by atoms with Gasteiger partial charge in [0.2, 0.25) is 0 Å². The third-order valence-electron chi connectivity index (χ3n) is 11.0. The van der Waals surface area contributed by atoms with Crippen molar-refractivity contribution in [2.75, 3.05) is 0 Å². The van der Waals surface area contributed by atoms with Crippen LogP contribution in [-0.2, 0) is 9.53 Å². The van der Waals surface area contributed by atoms with Crippen molar-refractivity contribution in [1.29, 1.82) is 0 Å². The third-order valence-corrected chi connectivity index (χ3v) is 11.0. The van der Waals surface area contributed by atoms with Crippen LogP contribution in [0.4, 0.5) is 0 Å². The fourth-order valence-corrected chi connectivity index (χ4v) is 9.12.